The van der Waals surface area contributed by atoms with Crippen LogP contribution in [-0.2, 0) is 18.4 Å². The van der Waals surface area contributed by atoms with Crippen molar-refractivity contribution in [2.75, 3.05) is 40.9 Å². The molecule has 1 amide bonds. The zero-order chi connectivity index (χ0) is 56.3. The Morgan fingerprint density at radius 2 is 0.753 bits per heavy atom. The average Bonchev–Trinajstić information content (AvgIpc) is 3.39. The fourth-order valence-corrected chi connectivity index (χ4v) is 10.5. The van der Waals surface area contributed by atoms with Crippen LogP contribution in [0.2, 0.25) is 0 Å². The number of amides is 1. The molecule has 0 aromatic rings. The number of quaternary nitrogens is 1. The third kappa shape index (κ3) is 61.7. The van der Waals surface area contributed by atoms with Crippen LogP contribution in [0.25, 0.3) is 0 Å². The quantitative estimate of drug-likeness (QED) is 0.0243. The van der Waals surface area contributed by atoms with Gasteiger partial charge in [0, 0.05) is 6.42 Å². The molecule has 0 rings (SSSR count). The van der Waals surface area contributed by atoms with Gasteiger partial charge in [0.25, 0.3) is 0 Å². The van der Waals surface area contributed by atoms with Crippen LogP contribution < -0.4 is 5.32 Å². The van der Waals surface area contributed by atoms with Crippen molar-refractivity contribution >= 4 is 13.7 Å². The van der Waals surface area contributed by atoms with E-state index in [0.29, 0.717) is 17.4 Å². The number of aliphatic hydroxyl groups excluding tert-OH is 1. The first-order chi connectivity index (χ1) is 37.5. The number of hydrogen-bond donors (Lipinski definition) is 3. The summed E-state index contributed by atoms with van der Waals surface area (Å²) in [5, 5.41) is 14.0. The Hall–Kier alpha value is -1.80. The van der Waals surface area contributed by atoms with Gasteiger partial charge in [-0.2, -0.15) is 0 Å². The number of unbranched alkanes of at least 4 members (excludes halogenated alkanes) is 40. The Morgan fingerprint density at radius 3 is 1.13 bits per heavy atom. The fraction of sp³-hybridized carbons (Fsp3) is 0.838. The van der Waals surface area contributed by atoms with E-state index in [9.17, 15) is 19.4 Å². The molecule has 8 nitrogen and oxygen atoms in total. The van der Waals surface area contributed by atoms with E-state index in [1.54, 1.807) is 6.08 Å². The van der Waals surface area contributed by atoms with Gasteiger partial charge in [-0.3, -0.25) is 13.8 Å². The smallest absolute Gasteiger partial charge is 0.387 e. The Balaban J connectivity index is 4.16. The maximum absolute atomic E-state index is 13.0. The third-order valence-corrected chi connectivity index (χ3v) is 15.9. The summed E-state index contributed by atoms with van der Waals surface area (Å²) in [4.78, 5) is 23.4. The molecule has 0 aliphatic rings. The van der Waals surface area contributed by atoms with E-state index in [1.165, 1.54) is 244 Å². The highest BCUT2D eigenvalue weighted by molar-refractivity contribution is 7.47. The van der Waals surface area contributed by atoms with E-state index in [2.05, 4.69) is 67.8 Å². The molecule has 3 unspecified atom stereocenters. The topological polar surface area (TPSA) is 105 Å². The normalized spacial score (nSPS) is 14.1. The summed E-state index contributed by atoms with van der Waals surface area (Å²) >= 11 is 0. The van der Waals surface area contributed by atoms with Gasteiger partial charge in [0.05, 0.1) is 39.9 Å². The second-order valence-corrected chi connectivity index (χ2v) is 25.3. The first-order valence-electron chi connectivity index (χ1n) is 33.2. The molecule has 0 fully saturated rings. The van der Waals surface area contributed by atoms with Crippen molar-refractivity contribution in [2.45, 2.75) is 328 Å². The molecule has 0 bridgehead atoms. The van der Waals surface area contributed by atoms with Crippen molar-refractivity contribution in [3.05, 3.63) is 60.8 Å². The predicted octanol–water partition coefficient (Wildman–Crippen LogP) is 20.8. The summed E-state index contributed by atoms with van der Waals surface area (Å²) in [5.74, 6) is -0.189. The Bertz CT molecular complexity index is 1440. The highest BCUT2D eigenvalue weighted by atomic mass is 31.2. The lowest BCUT2D eigenvalue weighted by Gasteiger charge is -2.25. The SMILES string of the molecule is CCCCCCC/C=C\C/C=C\C/C=C\CCCCCCCCCCCCC(=O)NC(COP(=O)(O)OCC[N+](C)(C)C)C(O)/C=C/CC/C=C/CCCCCCCCCCCCCCCCCCCCCCCCCC. The maximum atomic E-state index is 13.0. The summed E-state index contributed by atoms with van der Waals surface area (Å²) in [6.45, 7) is 4.82. The number of phosphoric acid groups is 1. The van der Waals surface area contributed by atoms with Gasteiger partial charge in [0.1, 0.15) is 13.2 Å². The van der Waals surface area contributed by atoms with Crippen LogP contribution in [0.5, 0.6) is 0 Å². The molecule has 0 heterocycles. The standard InChI is InChI=1S/C68H129N2O6P/c1-6-8-10-12-14-16-18-20-22-24-26-28-30-32-33-34-35-36-38-39-41-43-45-47-49-51-53-55-57-59-61-67(71)66(65-76-77(73,74)75-64-63-70(3,4)5)69-68(72)62-60-58-56-54-52-50-48-46-44-42-40-37-31-29-27-25-23-21-19-17-15-13-11-9-7-2/h19,21,25,27,31,37,51,53,59,61,66-67,71H,6-18,20,22-24,26,28-30,32-36,38-50,52,54-58,60,62-65H2,1-5H3,(H-,69,72,73,74)/p+1/b21-19-,27-25-,37-31-,53-51+,61-59+. The Kier molecular flexibility index (Phi) is 57.5. The van der Waals surface area contributed by atoms with E-state index in [-0.39, 0.29) is 19.1 Å². The number of nitrogens with zero attached hydrogens (tertiary/aromatic N) is 1. The van der Waals surface area contributed by atoms with Crippen LogP contribution in [-0.4, -0.2) is 73.4 Å². The van der Waals surface area contributed by atoms with E-state index in [4.69, 9.17) is 9.05 Å². The number of rotatable bonds is 61. The lowest BCUT2D eigenvalue weighted by molar-refractivity contribution is -0.870. The van der Waals surface area contributed by atoms with Crippen molar-refractivity contribution in [1.82, 2.24) is 5.32 Å². The Labute approximate surface area is 479 Å². The third-order valence-electron chi connectivity index (χ3n) is 15.0. The second kappa shape index (κ2) is 58.8. The van der Waals surface area contributed by atoms with Crippen LogP contribution in [0.4, 0.5) is 0 Å². The minimum Gasteiger partial charge on any atom is -0.387 e. The van der Waals surface area contributed by atoms with E-state index in [0.717, 1.165) is 51.4 Å². The van der Waals surface area contributed by atoms with Crippen LogP contribution in [0.1, 0.15) is 316 Å². The van der Waals surface area contributed by atoms with Gasteiger partial charge < -0.3 is 19.8 Å². The lowest BCUT2D eigenvalue weighted by atomic mass is 10.0. The highest BCUT2D eigenvalue weighted by Crippen LogP contribution is 2.43. The molecule has 0 saturated heterocycles. The zero-order valence-electron chi connectivity index (χ0n) is 51.7. The number of carbonyl (C=O) groups is 1. The Morgan fingerprint density at radius 1 is 0.442 bits per heavy atom. The molecule has 77 heavy (non-hydrogen) atoms. The zero-order valence-corrected chi connectivity index (χ0v) is 52.6. The highest BCUT2D eigenvalue weighted by Gasteiger charge is 2.28. The molecule has 0 saturated carbocycles. The van der Waals surface area contributed by atoms with Gasteiger partial charge in [-0.15, -0.1) is 0 Å². The predicted molar refractivity (Wildman–Crippen MR) is 337 cm³/mol. The van der Waals surface area contributed by atoms with Gasteiger partial charge in [0.15, 0.2) is 0 Å². The number of likely N-dealkylation sites (N-methyl/N-ethyl adjacent to an activating group) is 1. The molecular formula is C68H130N2O6P+. The number of aliphatic hydroxyl groups is 1. The summed E-state index contributed by atoms with van der Waals surface area (Å²) in [6, 6.07) is -0.870. The van der Waals surface area contributed by atoms with E-state index in [1.807, 2.05) is 27.2 Å². The molecule has 9 heteroatoms. The van der Waals surface area contributed by atoms with Gasteiger partial charge in [-0.05, 0) is 70.6 Å². The van der Waals surface area contributed by atoms with Crippen LogP contribution in [0, 0.1) is 0 Å². The fourth-order valence-electron chi connectivity index (χ4n) is 9.77. The molecule has 0 spiro atoms. The largest absolute Gasteiger partial charge is 0.472 e. The summed E-state index contributed by atoms with van der Waals surface area (Å²) in [6.07, 6.45) is 80.7. The van der Waals surface area contributed by atoms with Crippen LogP contribution in [0.3, 0.4) is 0 Å². The summed E-state index contributed by atoms with van der Waals surface area (Å²) in [7, 11) is 1.56. The molecule has 0 aromatic carbocycles. The first-order valence-corrected chi connectivity index (χ1v) is 34.7. The van der Waals surface area contributed by atoms with Gasteiger partial charge in [-0.25, -0.2) is 4.57 Å². The second-order valence-electron chi connectivity index (χ2n) is 23.8. The van der Waals surface area contributed by atoms with Crippen LogP contribution in [0.15, 0.2) is 60.8 Å². The first kappa shape index (κ1) is 75.2. The molecule has 0 aromatic heterocycles. The van der Waals surface area contributed by atoms with Crippen molar-refractivity contribution in [2.24, 2.45) is 0 Å². The molecular weight excluding hydrogens is 972 g/mol. The molecule has 452 valence electrons. The molecule has 3 atom stereocenters. The number of carbonyl (C=O) groups excluding carboxylic acids is 1. The van der Waals surface area contributed by atoms with Crippen molar-refractivity contribution < 1.29 is 32.9 Å². The minimum atomic E-state index is -4.36. The number of allylic oxidation sites excluding steroid dienone is 9. The van der Waals surface area contributed by atoms with Crippen molar-refractivity contribution in [1.29, 1.82) is 0 Å². The lowest BCUT2D eigenvalue weighted by Crippen LogP contribution is -2.45. The maximum Gasteiger partial charge on any atom is 0.472 e. The molecule has 0 aliphatic heterocycles. The molecule has 3 N–H and O–H groups in total. The van der Waals surface area contributed by atoms with Gasteiger partial charge in [0.2, 0.25) is 5.91 Å². The van der Waals surface area contributed by atoms with Crippen LogP contribution >= 0.6 is 7.82 Å². The summed E-state index contributed by atoms with van der Waals surface area (Å²) < 4.78 is 23.8. The number of hydrogen-bond acceptors (Lipinski definition) is 5. The monoisotopic (exact) mass is 1100 g/mol. The van der Waals surface area contributed by atoms with Gasteiger partial charge >= 0.3 is 7.82 Å². The molecule has 0 aliphatic carbocycles. The number of nitrogens with one attached hydrogen (secondary N) is 1. The molecule has 0 radical (unpaired) electrons. The average molecular weight is 1100 g/mol. The van der Waals surface area contributed by atoms with Gasteiger partial charge in [-0.1, -0.05) is 299 Å². The minimum absolute atomic E-state index is 0.0539. The van der Waals surface area contributed by atoms with Crippen molar-refractivity contribution in [3.63, 3.8) is 0 Å². The van der Waals surface area contributed by atoms with Crippen molar-refractivity contribution in [3.8, 4) is 0 Å². The van der Waals surface area contributed by atoms with E-state index >= 15 is 0 Å². The number of phosphoric ester groups is 1. The summed E-state index contributed by atoms with van der Waals surface area (Å²) in [5.41, 5.74) is 0. The van der Waals surface area contributed by atoms with E-state index < -0.39 is 20.0 Å².